The van der Waals surface area contributed by atoms with Crippen LogP contribution in [0.4, 0.5) is 10.2 Å². The second-order valence-corrected chi connectivity index (χ2v) is 5.82. The van der Waals surface area contributed by atoms with Crippen LogP contribution in [0.15, 0.2) is 36.5 Å². The number of hydrogen-bond acceptors (Lipinski definition) is 4. The molecule has 130 valence electrons. The van der Waals surface area contributed by atoms with Gasteiger partial charge in [-0.2, -0.15) is 0 Å². The fourth-order valence-electron chi connectivity index (χ4n) is 2.36. The van der Waals surface area contributed by atoms with E-state index < -0.39 is 5.60 Å². The van der Waals surface area contributed by atoms with Crippen molar-refractivity contribution in [2.75, 3.05) is 18.5 Å². The Morgan fingerprint density at radius 1 is 1.17 bits per heavy atom. The van der Waals surface area contributed by atoms with E-state index in [0.29, 0.717) is 30.0 Å². The molecule has 0 bridgehead atoms. The van der Waals surface area contributed by atoms with Crippen LogP contribution in [0.3, 0.4) is 0 Å². The van der Waals surface area contributed by atoms with Gasteiger partial charge in [0, 0.05) is 18.3 Å². The molecule has 1 aromatic heterocycles. The molecule has 0 aliphatic carbocycles. The van der Waals surface area contributed by atoms with Crippen molar-refractivity contribution in [2.45, 2.75) is 39.2 Å². The number of aromatic nitrogens is 1. The Bertz CT molecular complexity index is 672. The van der Waals surface area contributed by atoms with Gasteiger partial charge >= 0.3 is 0 Å². The highest BCUT2D eigenvalue weighted by Crippen LogP contribution is 2.29. The lowest BCUT2D eigenvalue weighted by Gasteiger charge is -2.25. The van der Waals surface area contributed by atoms with E-state index >= 15 is 0 Å². The Morgan fingerprint density at radius 2 is 1.92 bits per heavy atom. The standard InChI is InChI=1S/C19H25FN2O2/c1-4-19(23,5-2)13-24-15-7-8-17(20)16(12-15)14-9-10-22-18(11-14)21-6-3/h7-12,23H,4-6,13H2,1-3H3,(H,21,22). The van der Waals surface area contributed by atoms with E-state index in [0.717, 1.165) is 12.1 Å². The highest BCUT2D eigenvalue weighted by Gasteiger charge is 2.23. The number of pyridine rings is 1. The average Bonchev–Trinajstić information content (AvgIpc) is 2.61. The van der Waals surface area contributed by atoms with Gasteiger partial charge in [0.05, 0.1) is 5.60 Å². The quantitative estimate of drug-likeness (QED) is 0.759. The van der Waals surface area contributed by atoms with Crippen LogP contribution in [0, 0.1) is 5.82 Å². The molecule has 1 heterocycles. The lowest BCUT2D eigenvalue weighted by atomic mass is 9.99. The summed E-state index contributed by atoms with van der Waals surface area (Å²) in [4.78, 5) is 4.20. The molecule has 0 unspecified atom stereocenters. The number of halogens is 1. The van der Waals surface area contributed by atoms with Gasteiger partial charge in [0.1, 0.15) is 24.0 Å². The first-order chi connectivity index (χ1) is 11.5. The third kappa shape index (κ3) is 4.45. The van der Waals surface area contributed by atoms with Gasteiger partial charge in [0.2, 0.25) is 0 Å². The summed E-state index contributed by atoms with van der Waals surface area (Å²) in [5.41, 5.74) is 0.319. The average molecular weight is 332 g/mol. The van der Waals surface area contributed by atoms with Gasteiger partial charge in [-0.1, -0.05) is 13.8 Å². The molecule has 0 fully saturated rings. The summed E-state index contributed by atoms with van der Waals surface area (Å²) in [5, 5.41) is 13.4. The molecular formula is C19H25FN2O2. The Balaban J connectivity index is 2.24. The fourth-order valence-corrected chi connectivity index (χ4v) is 2.36. The molecule has 0 amide bonds. The number of benzene rings is 1. The predicted octanol–water partition coefficient (Wildman–Crippen LogP) is 4.25. The van der Waals surface area contributed by atoms with E-state index in [2.05, 4.69) is 10.3 Å². The van der Waals surface area contributed by atoms with Crippen LogP contribution in [-0.2, 0) is 0 Å². The van der Waals surface area contributed by atoms with E-state index in [-0.39, 0.29) is 12.4 Å². The van der Waals surface area contributed by atoms with Crippen molar-refractivity contribution in [3.05, 3.63) is 42.3 Å². The molecule has 1 aromatic carbocycles. The molecule has 2 aromatic rings. The summed E-state index contributed by atoms with van der Waals surface area (Å²) >= 11 is 0. The fraction of sp³-hybridized carbons (Fsp3) is 0.421. The molecule has 2 rings (SSSR count). The SMILES string of the molecule is CCNc1cc(-c2cc(OCC(O)(CC)CC)ccc2F)ccn1. The molecule has 0 radical (unpaired) electrons. The maximum Gasteiger partial charge on any atom is 0.131 e. The maximum absolute atomic E-state index is 14.2. The minimum Gasteiger partial charge on any atom is -0.491 e. The molecule has 0 saturated heterocycles. The van der Waals surface area contributed by atoms with Gasteiger partial charge in [-0.3, -0.25) is 0 Å². The van der Waals surface area contributed by atoms with E-state index in [1.807, 2.05) is 20.8 Å². The van der Waals surface area contributed by atoms with E-state index in [1.165, 1.54) is 6.07 Å². The van der Waals surface area contributed by atoms with E-state index in [4.69, 9.17) is 4.74 Å². The highest BCUT2D eigenvalue weighted by atomic mass is 19.1. The van der Waals surface area contributed by atoms with Gasteiger partial charge in [0.15, 0.2) is 0 Å². The summed E-state index contributed by atoms with van der Waals surface area (Å²) in [5.74, 6) is 0.915. The summed E-state index contributed by atoms with van der Waals surface area (Å²) < 4.78 is 19.9. The third-order valence-corrected chi connectivity index (χ3v) is 4.19. The zero-order valence-electron chi connectivity index (χ0n) is 14.5. The number of rotatable bonds is 8. The lowest BCUT2D eigenvalue weighted by molar-refractivity contribution is -0.0113. The van der Waals surface area contributed by atoms with Crippen LogP contribution >= 0.6 is 0 Å². The van der Waals surface area contributed by atoms with Crippen molar-refractivity contribution in [3.8, 4) is 16.9 Å². The topological polar surface area (TPSA) is 54.4 Å². The molecule has 0 spiro atoms. The summed E-state index contributed by atoms with van der Waals surface area (Å²) in [7, 11) is 0. The van der Waals surface area contributed by atoms with Gasteiger partial charge < -0.3 is 15.2 Å². The van der Waals surface area contributed by atoms with Crippen LogP contribution in [0.5, 0.6) is 5.75 Å². The molecule has 24 heavy (non-hydrogen) atoms. The zero-order chi connectivity index (χ0) is 17.6. The largest absolute Gasteiger partial charge is 0.491 e. The number of nitrogens with one attached hydrogen (secondary N) is 1. The van der Waals surface area contributed by atoms with Crippen LogP contribution in [0.1, 0.15) is 33.6 Å². The number of hydrogen-bond donors (Lipinski definition) is 2. The molecular weight excluding hydrogens is 307 g/mol. The van der Waals surface area contributed by atoms with Crippen LogP contribution in [0.2, 0.25) is 0 Å². The molecule has 0 aliphatic rings. The van der Waals surface area contributed by atoms with Crippen molar-refractivity contribution in [1.29, 1.82) is 0 Å². The molecule has 0 aliphatic heterocycles. The van der Waals surface area contributed by atoms with Gasteiger partial charge in [-0.25, -0.2) is 9.37 Å². The summed E-state index contributed by atoms with van der Waals surface area (Å²) in [6.07, 6.45) is 2.86. The maximum atomic E-state index is 14.2. The Morgan fingerprint density at radius 3 is 2.58 bits per heavy atom. The number of ether oxygens (including phenoxy) is 1. The lowest BCUT2D eigenvalue weighted by Crippen LogP contribution is -2.34. The van der Waals surface area contributed by atoms with Crippen LogP contribution in [-0.4, -0.2) is 28.8 Å². The van der Waals surface area contributed by atoms with Crippen molar-refractivity contribution in [2.24, 2.45) is 0 Å². The number of nitrogens with zero attached hydrogens (tertiary/aromatic N) is 1. The van der Waals surface area contributed by atoms with Crippen molar-refractivity contribution in [3.63, 3.8) is 0 Å². The molecule has 4 nitrogen and oxygen atoms in total. The third-order valence-electron chi connectivity index (χ3n) is 4.19. The Hall–Kier alpha value is -2.14. The minimum atomic E-state index is -0.858. The molecule has 0 atom stereocenters. The van der Waals surface area contributed by atoms with Gasteiger partial charge in [0.25, 0.3) is 0 Å². The second-order valence-electron chi connectivity index (χ2n) is 5.82. The van der Waals surface area contributed by atoms with Crippen molar-refractivity contribution in [1.82, 2.24) is 4.98 Å². The zero-order valence-corrected chi connectivity index (χ0v) is 14.5. The summed E-state index contributed by atoms with van der Waals surface area (Å²) in [6, 6.07) is 8.19. The normalized spacial score (nSPS) is 11.4. The number of aliphatic hydroxyl groups is 1. The first kappa shape index (κ1) is 18.2. The van der Waals surface area contributed by atoms with Crippen molar-refractivity contribution >= 4 is 5.82 Å². The van der Waals surface area contributed by atoms with Gasteiger partial charge in [-0.05, 0) is 55.7 Å². The van der Waals surface area contributed by atoms with Crippen LogP contribution < -0.4 is 10.1 Å². The molecule has 5 heteroatoms. The Labute approximate surface area is 142 Å². The van der Waals surface area contributed by atoms with E-state index in [1.54, 1.807) is 30.5 Å². The monoisotopic (exact) mass is 332 g/mol. The van der Waals surface area contributed by atoms with Gasteiger partial charge in [-0.15, -0.1) is 0 Å². The summed E-state index contributed by atoms with van der Waals surface area (Å²) in [6.45, 7) is 6.75. The molecule has 2 N–H and O–H groups in total. The second kappa shape index (κ2) is 8.11. The smallest absolute Gasteiger partial charge is 0.131 e. The Kier molecular flexibility index (Phi) is 6.15. The first-order valence-corrected chi connectivity index (χ1v) is 8.36. The van der Waals surface area contributed by atoms with E-state index in [9.17, 15) is 9.50 Å². The highest BCUT2D eigenvalue weighted by molar-refractivity contribution is 5.68. The minimum absolute atomic E-state index is 0.185. The van der Waals surface area contributed by atoms with Crippen LogP contribution in [0.25, 0.3) is 11.1 Å². The molecule has 0 saturated carbocycles. The first-order valence-electron chi connectivity index (χ1n) is 8.36. The predicted molar refractivity (Wildman–Crippen MR) is 94.8 cm³/mol. The number of anilines is 1. The van der Waals surface area contributed by atoms with Crippen molar-refractivity contribution < 1.29 is 14.2 Å².